The molecule has 23 heavy (non-hydrogen) atoms. The van der Waals surface area contributed by atoms with E-state index in [1.807, 2.05) is 47.8 Å². The van der Waals surface area contributed by atoms with Gasteiger partial charge in [0, 0.05) is 11.3 Å². The zero-order valence-corrected chi connectivity index (χ0v) is 13.8. The topological polar surface area (TPSA) is 38.3 Å². The van der Waals surface area contributed by atoms with Gasteiger partial charge < -0.3 is 10.1 Å². The van der Waals surface area contributed by atoms with Crippen LogP contribution in [0.5, 0.6) is 5.75 Å². The van der Waals surface area contributed by atoms with Crippen molar-refractivity contribution in [3.63, 3.8) is 0 Å². The lowest BCUT2D eigenvalue weighted by Gasteiger charge is -2.07. The van der Waals surface area contributed by atoms with E-state index < -0.39 is 0 Å². The number of aryl methyl sites for hydroxylation is 1. The fraction of sp³-hybridized carbons (Fsp3) is 0.105. The molecule has 1 amide bonds. The van der Waals surface area contributed by atoms with E-state index in [0.29, 0.717) is 4.88 Å². The van der Waals surface area contributed by atoms with Crippen molar-refractivity contribution in [3.05, 3.63) is 70.4 Å². The first-order chi connectivity index (χ1) is 11.2. The molecule has 0 aliphatic rings. The fourth-order valence-electron chi connectivity index (χ4n) is 2.31. The Balaban J connectivity index is 1.82. The van der Waals surface area contributed by atoms with Crippen molar-refractivity contribution in [2.45, 2.75) is 6.92 Å². The smallest absolute Gasteiger partial charge is 0.266 e. The van der Waals surface area contributed by atoms with Gasteiger partial charge in [0.05, 0.1) is 12.0 Å². The maximum atomic E-state index is 12.6. The normalized spacial score (nSPS) is 10.3. The largest absolute Gasteiger partial charge is 0.497 e. The molecule has 2 aromatic carbocycles. The molecule has 3 rings (SSSR count). The average Bonchev–Trinajstić information content (AvgIpc) is 3.06. The minimum atomic E-state index is -0.0965. The Bertz CT molecular complexity index is 804. The van der Waals surface area contributed by atoms with Gasteiger partial charge in [-0.15, -0.1) is 11.3 Å². The number of carbonyl (C=O) groups is 1. The van der Waals surface area contributed by atoms with Crippen LogP contribution in [-0.4, -0.2) is 13.0 Å². The van der Waals surface area contributed by atoms with Gasteiger partial charge in [-0.3, -0.25) is 4.79 Å². The van der Waals surface area contributed by atoms with E-state index in [1.165, 1.54) is 16.9 Å². The number of hydrogen-bond donors (Lipinski definition) is 1. The maximum Gasteiger partial charge on any atom is 0.266 e. The zero-order chi connectivity index (χ0) is 16.2. The second-order valence-electron chi connectivity index (χ2n) is 5.21. The molecule has 0 unspecified atom stereocenters. The Morgan fingerprint density at radius 3 is 2.35 bits per heavy atom. The summed E-state index contributed by atoms with van der Waals surface area (Å²) in [6, 6.07) is 17.5. The second-order valence-corrected chi connectivity index (χ2v) is 6.13. The Kier molecular flexibility index (Phi) is 4.44. The summed E-state index contributed by atoms with van der Waals surface area (Å²) in [5.41, 5.74) is 3.96. The highest BCUT2D eigenvalue weighted by Crippen LogP contribution is 2.29. The highest BCUT2D eigenvalue weighted by atomic mass is 32.1. The first kappa shape index (κ1) is 15.3. The van der Waals surface area contributed by atoms with Crippen LogP contribution in [0.2, 0.25) is 0 Å². The number of carbonyl (C=O) groups excluding carboxylic acids is 1. The quantitative estimate of drug-likeness (QED) is 0.735. The van der Waals surface area contributed by atoms with Crippen molar-refractivity contribution in [2.24, 2.45) is 0 Å². The van der Waals surface area contributed by atoms with Crippen LogP contribution < -0.4 is 10.1 Å². The van der Waals surface area contributed by atoms with Gasteiger partial charge in [-0.2, -0.15) is 0 Å². The Morgan fingerprint density at radius 2 is 1.70 bits per heavy atom. The van der Waals surface area contributed by atoms with Crippen LogP contribution in [0.1, 0.15) is 15.2 Å². The van der Waals surface area contributed by atoms with Gasteiger partial charge in [0.15, 0.2) is 0 Å². The van der Waals surface area contributed by atoms with Gasteiger partial charge in [-0.05, 0) is 48.2 Å². The van der Waals surface area contributed by atoms with Gasteiger partial charge in [-0.1, -0.05) is 29.8 Å². The summed E-state index contributed by atoms with van der Waals surface area (Å²) in [4.78, 5) is 13.3. The highest BCUT2D eigenvalue weighted by molar-refractivity contribution is 7.12. The van der Waals surface area contributed by atoms with Crippen molar-refractivity contribution in [2.75, 3.05) is 12.4 Å². The number of thiophene rings is 1. The predicted molar refractivity (Wildman–Crippen MR) is 95.4 cm³/mol. The molecule has 0 aliphatic carbocycles. The summed E-state index contributed by atoms with van der Waals surface area (Å²) in [5.74, 6) is 0.667. The Morgan fingerprint density at radius 1 is 1.00 bits per heavy atom. The molecule has 3 aromatic rings. The van der Waals surface area contributed by atoms with Gasteiger partial charge in [0.25, 0.3) is 5.91 Å². The molecule has 0 saturated carbocycles. The third kappa shape index (κ3) is 3.43. The summed E-state index contributed by atoms with van der Waals surface area (Å²) in [7, 11) is 1.62. The minimum Gasteiger partial charge on any atom is -0.497 e. The molecule has 116 valence electrons. The second kappa shape index (κ2) is 6.67. The summed E-state index contributed by atoms with van der Waals surface area (Å²) >= 11 is 1.45. The summed E-state index contributed by atoms with van der Waals surface area (Å²) < 4.78 is 5.12. The van der Waals surface area contributed by atoms with E-state index in [-0.39, 0.29) is 5.91 Å². The van der Waals surface area contributed by atoms with Crippen LogP contribution in [0.15, 0.2) is 60.0 Å². The van der Waals surface area contributed by atoms with Gasteiger partial charge in [0.2, 0.25) is 0 Å². The Labute approximate surface area is 139 Å². The molecule has 1 aromatic heterocycles. The average molecular weight is 323 g/mol. The van der Waals surface area contributed by atoms with E-state index >= 15 is 0 Å². The van der Waals surface area contributed by atoms with Crippen molar-refractivity contribution < 1.29 is 9.53 Å². The summed E-state index contributed by atoms with van der Waals surface area (Å²) in [6.07, 6.45) is 0. The monoisotopic (exact) mass is 323 g/mol. The number of benzene rings is 2. The number of hydrogen-bond acceptors (Lipinski definition) is 3. The molecular formula is C19H17NO2S. The molecular weight excluding hydrogens is 306 g/mol. The number of rotatable bonds is 4. The van der Waals surface area contributed by atoms with Gasteiger partial charge in [-0.25, -0.2) is 0 Å². The van der Waals surface area contributed by atoms with Crippen LogP contribution in [0.25, 0.3) is 11.1 Å². The maximum absolute atomic E-state index is 12.6. The molecule has 0 saturated heterocycles. The molecule has 1 heterocycles. The molecule has 0 radical (unpaired) electrons. The molecule has 0 bridgehead atoms. The summed E-state index contributed by atoms with van der Waals surface area (Å²) in [5, 5.41) is 4.88. The van der Waals surface area contributed by atoms with Crippen molar-refractivity contribution >= 4 is 22.9 Å². The zero-order valence-electron chi connectivity index (χ0n) is 13.0. The highest BCUT2D eigenvalue weighted by Gasteiger charge is 2.14. The summed E-state index contributed by atoms with van der Waals surface area (Å²) in [6.45, 7) is 2.05. The van der Waals surface area contributed by atoms with Crippen LogP contribution >= 0.6 is 11.3 Å². The number of methoxy groups -OCH3 is 1. The van der Waals surface area contributed by atoms with Gasteiger partial charge >= 0.3 is 0 Å². The van der Waals surface area contributed by atoms with E-state index in [1.54, 1.807) is 7.11 Å². The first-order valence-electron chi connectivity index (χ1n) is 7.27. The van der Waals surface area contributed by atoms with Crippen LogP contribution in [0.3, 0.4) is 0 Å². The molecule has 0 spiro atoms. The number of amides is 1. The molecule has 0 atom stereocenters. The van der Waals surface area contributed by atoms with E-state index in [0.717, 1.165) is 22.6 Å². The van der Waals surface area contributed by atoms with Crippen molar-refractivity contribution in [1.82, 2.24) is 0 Å². The van der Waals surface area contributed by atoms with E-state index in [9.17, 15) is 4.79 Å². The lowest BCUT2D eigenvalue weighted by molar-refractivity contribution is 0.103. The molecule has 0 fully saturated rings. The third-order valence-corrected chi connectivity index (χ3v) is 4.50. The molecule has 1 N–H and O–H groups in total. The fourth-order valence-corrected chi connectivity index (χ4v) is 3.12. The molecule has 0 aliphatic heterocycles. The van der Waals surface area contributed by atoms with Crippen LogP contribution in [0, 0.1) is 6.92 Å². The standard InChI is InChI=1S/C19H17NO2S/c1-13-3-5-14(6-4-13)17-11-12-23-18(17)19(21)20-15-7-9-16(22-2)10-8-15/h3-12H,1-2H3,(H,20,21). The number of ether oxygens (including phenoxy) is 1. The lowest BCUT2D eigenvalue weighted by Crippen LogP contribution is -2.11. The first-order valence-corrected chi connectivity index (χ1v) is 8.15. The van der Waals surface area contributed by atoms with Gasteiger partial charge in [0.1, 0.15) is 5.75 Å². The third-order valence-electron chi connectivity index (χ3n) is 3.58. The lowest BCUT2D eigenvalue weighted by atomic mass is 10.0. The van der Waals surface area contributed by atoms with Crippen LogP contribution in [0.4, 0.5) is 5.69 Å². The van der Waals surface area contributed by atoms with E-state index in [4.69, 9.17) is 4.74 Å². The van der Waals surface area contributed by atoms with Crippen molar-refractivity contribution in [1.29, 1.82) is 0 Å². The SMILES string of the molecule is COc1ccc(NC(=O)c2sccc2-c2ccc(C)cc2)cc1. The Hall–Kier alpha value is -2.59. The number of anilines is 1. The minimum absolute atomic E-state index is 0.0965. The molecule has 3 nitrogen and oxygen atoms in total. The van der Waals surface area contributed by atoms with Crippen molar-refractivity contribution in [3.8, 4) is 16.9 Å². The predicted octanol–water partition coefficient (Wildman–Crippen LogP) is 4.98. The van der Waals surface area contributed by atoms with E-state index in [2.05, 4.69) is 24.4 Å². The molecule has 4 heteroatoms. The van der Waals surface area contributed by atoms with Crippen LogP contribution in [-0.2, 0) is 0 Å². The number of nitrogens with one attached hydrogen (secondary N) is 1.